The monoisotopic (exact) mass is 385 g/mol. The molecule has 1 aromatic heterocycles. The van der Waals surface area contributed by atoms with Gasteiger partial charge in [-0.3, -0.25) is 4.98 Å². The first kappa shape index (κ1) is 19.1. The second-order valence-corrected chi connectivity index (χ2v) is 7.95. The van der Waals surface area contributed by atoms with Gasteiger partial charge in [0.15, 0.2) is 0 Å². The zero-order valence-electron chi connectivity index (χ0n) is 15.6. The number of nitrogens with one attached hydrogen (secondary N) is 1. The second-order valence-electron chi connectivity index (χ2n) is 6.42. The molecule has 0 saturated heterocycles. The third-order valence-electron chi connectivity index (χ3n) is 4.63. The van der Waals surface area contributed by atoms with E-state index in [-0.39, 0.29) is 10.6 Å². The van der Waals surface area contributed by atoms with Gasteiger partial charge < -0.3 is 10.1 Å². The number of nitrogens with two attached hydrogens (primary N) is 1. The SMILES string of the molecule is COc1ccc(CCNc2c(C)c(C)nc3ccccc23)cc1S(N)(=O)=O. The number of sulfonamides is 1. The maximum absolute atomic E-state index is 11.8. The summed E-state index contributed by atoms with van der Waals surface area (Å²) in [6.45, 7) is 4.68. The Kier molecular flexibility index (Phi) is 5.34. The van der Waals surface area contributed by atoms with Crippen molar-refractivity contribution in [3.63, 3.8) is 0 Å². The minimum atomic E-state index is -3.84. The zero-order chi connectivity index (χ0) is 19.6. The van der Waals surface area contributed by atoms with Crippen molar-refractivity contribution in [2.45, 2.75) is 25.2 Å². The Morgan fingerprint density at radius 1 is 1.15 bits per heavy atom. The van der Waals surface area contributed by atoms with E-state index in [9.17, 15) is 8.42 Å². The number of aryl methyl sites for hydroxylation is 1. The van der Waals surface area contributed by atoms with E-state index in [1.807, 2.05) is 44.2 Å². The van der Waals surface area contributed by atoms with Crippen LogP contribution in [-0.4, -0.2) is 27.1 Å². The highest BCUT2D eigenvalue weighted by Crippen LogP contribution is 2.28. The summed E-state index contributed by atoms with van der Waals surface area (Å²) in [5.41, 5.74) is 4.95. The average molecular weight is 385 g/mol. The van der Waals surface area contributed by atoms with Crippen molar-refractivity contribution in [1.82, 2.24) is 4.98 Å². The molecule has 0 aliphatic rings. The van der Waals surface area contributed by atoms with Gasteiger partial charge in [0.1, 0.15) is 10.6 Å². The van der Waals surface area contributed by atoms with Crippen LogP contribution in [0.3, 0.4) is 0 Å². The molecule has 0 unspecified atom stereocenters. The quantitative estimate of drug-likeness (QED) is 0.680. The van der Waals surface area contributed by atoms with Crippen molar-refractivity contribution >= 4 is 26.6 Å². The molecular weight excluding hydrogens is 362 g/mol. The van der Waals surface area contributed by atoms with Gasteiger partial charge in [-0.1, -0.05) is 24.3 Å². The molecule has 3 aromatic rings. The van der Waals surface area contributed by atoms with Gasteiger partial charge in [0.05, 0.1) is 12.6 Å². The van der Waals surface area contributed by atoms with Crippen LogP contribution in [0.5, 0.6) is 5.75 Å². The first-order valence-corrected chi connectivity index (χ1v) is 10.2. The van der Waals surface area contributed by atoms with Crippen LogP contribution in [0.15, 0.2) is 47.4 Å². The van der Waals surface area contributed by atoms with Crippen molar-refractivity contribution in [1.29, 1.82) is 0 Å². The molecule has 3 rings (SSSR count). The lowest BCUT2D eigenvalue weighted by Gasteiger charge is -2.15. The molecule has 7 heteroatoms. The number of benzene rings is 2. The van der Waals surface area contributed by atoms with Gasteiger partial charge in [-0.25, -0.2) is 13.6 Å². The summed E-state index contributed by atoms with van der Waals surface area (Å²) in [6.07, 6.45) is 0.641. The Bertz CT molecular complexity index is 1100. The summed E-state index contributed by atoms with van der Waals surface area (Å²) in [5.74, 6) is 0.251. The zero-order valence-corrected chi connectivity index (χ0v) is 16.4. The van der Waals surface area contributed by atoms with Crippen LogP contribution >= 0.6 is 0 Å². The molecule has 27 heavy (non-hydrogen) atoms. The van der Waals surface area contributed by atoms with Gasteiger partial charge in [-0.2, -0.15) is 0 Å². The average Bonchev–Trinajstić information content (AvgIpc) is 2.64. The van der Waals surface area contributed by atoms with E-state index < -0.39 is 10.0 Å². The van der Waals surface area contributed by atoms with Crippen molar-refractivity contribution in [2.75, 3.05) is 19.0 Å². The number of primary sulfonamides is 1. The predicted octanol–water partition coefficient (Wildman–Crippen LogP) is 3.16. The molecule has 2 aromatic carbocycles. The van der Waals surface area contributed by atoms with Gasteiger partial charge in [0, 0.05) is 23.3 Å². The molecule has 0 fully saturated rings. The maximum Gasteiger partial charge on any atom is 0.241 e. The number of anilines is 1. The molecule has 142 valence electrons. The van der Waals surface area contributed by atoms with Gasteiger partial charge in [-0.15, -0.1) is 0 Å². The van der Waals surface area contributed by atoms with Crippen LogP contribution in [0, 0.1) is 13.8 Å². The molecule has 6 nitrogen and oxygen atoms in total. The summed E-state index contributed by atoms with van der Waals surface area (Å²) >= 11 is 0. The lowest BCUT2D eigenvalue weighted by atomic mass is 10.1. The Morgan fingerprint density at radius 2 is 1.89 bits per heavy atom. The van der Waals surface area contributed by atoms with Crippen molar-refractivity contribution in [3.05, 3.63) is 59.3 Å². The van der Waals surface area contributed by atoms with Crippen LogP contribution in [0.2, 0.25) is 0 Å². The Balaban J connectivity index is 1.84. The predicted molar refractivity (Wildman–Crippen MR) is 108 cm³/mol. The van der Waals surface area contributed by atoms with Gasteiger partial charge >= 0.3 is 0 Å². The first-order valence-electron chi connectivity index (χ1n) is 8.61. The lowest BCUT2D eigenvalue weighted by molar-refractivity contribution is 0.402. The summed E-state index contributed by atoms with van der Waals surface area (Å²) < 4.78 is 28.6. The fourth-order valence-corrected chi connectivity index (χ4v) is 3.84. The fourth-order valence-electron chi connectivity index (χ4n) is 3.09. The fraction of sp³-hybridized carbons (Fsp3) is 0.250. The summed E-state index contributed by atoms with van der Waals surface area (Å²) in [5, 5.41) is 9.84. The number of hydrogen-bond acceptors (Lipinski definition) is 5. The van der Waals surface area contributed by atoms with E-state index in [1.54, 1.807) is 12.1 Å². The number of methoxy groups -OCH3 is 1. The Hall–Kier alpha value is -2.64. The van der Waals surface area contributed by atoms with Gasteiger partial charge in [-0.05, 0) is 49.6 Å². The topological polar surface area (TPSA) is 94.3 Å². The molecular formula is C20H23N3O3S. The highest BCUT2D eigenvalue weighted by Gasteiger charge is 2.15. The number of para-hydroxylation sites is 1. The number of ether oxygens (including phenoxy) is 1. The van der Waals surface area contributed by atoms with Crippen LogP contribution in [-0.2, 0) is 16.4 Å². The van der Waals surface area contributed by atoms with E-state index >= 15 is 0 Å². The third-order valence-corrected chi connectivity index (χ3v) is 5.56. The highest BCUT2D eigenvalue weighted by atomic mass is 32.2. The van der Waals surface area contributed by atoms with E-state index in [0.717, 1.165) is 33.4 Å². The van der Waals surface area contributed by atoms with E-state index in [1.165, 1.54) is 7.11 Å². The molecule has 0 amide bonds. The first-order chi connectivity index (χ1) is 12.8. The second kappa shape index (κ2) is 7.54. The molecule has 3 N–H and O–H groups in total. The molecule has 0 aliphatic carbocycles. The molecule has 0 spiro atoms. The normalized spacial score (nSPS) is 11.6. The lowest BCUT2D eigenvalue weighted by Crippen LogP contribution is -2.14. The Labute approximate surface area is 159 Å². The maximum atomic E-state index is 11.8. The minimum absolute atomic E-state index is 0.00360. The molecule has 0 bridgehead atoms. The van der Waals surface area contributed by atoms with E-state index in [4.69, 9.17) is 9.88 Å². The number of hydrogen-bond donors (Lipinski definition) is 2. The Morgan fingerprint density at radius 3 is 2.59 bits per heavy atom. The van der Waals surface area contributed by atoms with Gasteiger partial charge in [0.25, 0.3) is 0 Å². The van der Waals surface area contributed by atoms with Gasteiger partial charge in [0.2, 0.25) is 10.0 Å². The van der Waals surface area contributed by atoms with Crippen molar-refractivity contribution in [3.8, 4) is 5.75 Å². The van der Waals surface area contributed by atoms with E-state index in [2.05, 4.69) is 10.3 Å². The smallest absolute Gasteiger partial charge is 0.241 e. The van der Waals surface area contributed by atoms with Crippen LogP contribution < -0.4 is 15.2 Å². The standard InChI is InChI=1S/C20H23N3O3S/c1-13-14(2)23-17-7-5-4-6-16(17)20(13)22-11-10-15-8-9-18(26-3)19(12-15)27(21,24)25/h4-9,12H,10-11H2,1-3H3,(H,22,23)(H2,21,24,25). The van der Waals surface area contributed by atoms with Crippen molar-refractivity contribution < 1.29 is 13.2 Å². The third kappa shape index (κ3) is 4.04. The van der Waals surface area contributed by atoms with Crippen LogP contribution in [0.4, 0.5) is 5.69 Å². The highest BCUT2D eigenvalue weighted by molar-refractivity contribution is 7.89. The molecule has 1 heterocycles. The summed E-state index contributed by atoms with van der Waals surface area (Å²) in [7, 11) is -2.42. The number of nitrogens with zero attached hydrogens (tertiary/aromatic N) is 1. The summed E-state index contributed by atoms with van der Waals surface area (Å²) in [6, 6.07) is 13.0. The number of aromatic nitrogens is 1. The molecule has 0 aliphatic heterocycles. The van der Waals surface area contributed by atoms with Crippen molar-refractivity contribution in [2.24, 2.45) is 5.14 Å². The molecule has 0 atom stereocenters. The molecule has 0 saturated carbocycles. The summed E-state index contributed by atoms with van der Waals surface area (Å²) in [4.78, 5) is 4.63. The molecule has 0 radical (unpaired) electrons. The van der Waals surface area contributed by atoms with E-state index in [0.29, 0.717) is 13.0 Å². The number of fused-ring (bicyclic) bond motifs is 1. The largest absolute Gasteiger partial charge is 0.495 e. The number of pyridine rings is 1. The van der Waals surface area contributed by atoms with Crippen LogP contribution in [0.25, 0.3) is 10.9 Å². The minimum Gasteiger partial charge on any atom is -0.495 e. The number of rotatable bonds is 6. The van der Waals surface area contributed by atoms with Crippen LogP contribution in [0.1, 0.15) is 16.8 Å².